The first-order valence-corrected chi connectivity index (χ1v) is 6.54. The number of benzene rings is 1. The van der Waals surface area contributed by atoms with Crippen molar-refractivity contribution in [1.82, 2.24) is 24.8 Å². The molecular formula is C15H11N5O. The van der Waals surface area contributed by atoms with Gasteiger partial charge in [-0.05, 0) is 40.1 Å². The monoisotopic (exact) mass is 277 g/mol. The van der Waals surface area contributed by atoms with Crippen LogP contribution >= 0.6 is 0 Å². The fourth-order valence-corrected chi connectivity index (χ4v) is 2.29. The molecule has 21 heavy (non-hydrogen) atoms. The third-order valence-corrected chi connectivity index (χ3v) is 3.28. The highest BCUT2D eigenvalue weighted by Gasteiger charge is 2.08. The maximum atomic E-state index is 4.72. The van der Waals surface area contributed by atoms with E-state index in [1.807, 2.05) is 42.6 Å². The molecule has 0 aliphatic carbocycles. The van der Waals surface area contributed by atoms with E-state index in [-0.39, 0.29) is 0 Å². The van der Waals surface area contributed by atoms with Crippen LogP contribution in [0.2, 0.25) is 0 Å². The number of imidazole rings is 1. The largest absolute Gasteiger partial charge is 0.325 e. The second-order valence-electron chi connectivity index (χ2n) is 4.68. The van der Waals surface area contributed by atoms with E-state index >= 15 is 0 Å². The highest BCUT2D eigenvalue weighted by atomic mass is 16.6. The van der Waals surface area contributed by atoms with E-state index < -0.39 is 0 Å². The van der Waals surface area contributed by atoms with Crippen LogP contribution in [0.1, 0.15) is 5.56 Å². The number of fused-ring (bicyclic) bond motifs is 1. The van der Waals surface area contributed by atoms with Crippen molar-refractivity contribution in [1.29, 1.82) is 0 Å². The Kier molecular flexibility index (Phi) is 2.71. The summed E-state index contributed by atoms with van der Waals surface area (Å²) >= 11 is 0. The lowest BCUT2D eigenvalue weighted by atomic mass is 10.2. The minimum Gasteiger partial charge on any atom is -0.325 e. The normalized spacial score (nSPS) is 11.0. The van der Waals surface area contributed by atoms with Gasteiger partial charge in [0.1, 0.15) is 16.7 Å². The van der Waals surface area contributed by atoms with E-state index in [0.29, 0.717) is 6.54 Å². The summed E-state index contributed by atoms with van der Waals surface area (Å²) in [5.41, 5.74) is 3.47. The van der Waals surface area contributed by atoms with Crippen molar-refractivity contribution in [2.24, 2.45) is 0 Å². The highest BCUT2D eigenvalue weighted by Crippen LogP contribution is 2.17. The van der Waals surface area contributed by atoms with Crippen LogP contribution in [0.3, 0.4) is 0 Å². The fourth-order valence-electron chi connectivity index (χ4n) is 2.29. The quantitative estimate of drug-likeness (QED) is 0.575. The van der Waals surface area contributed by atoms with E-state index in [0.717, 1.165) is 28.1 Å². The summed E-state index contributed by atoms with van der Waals surface area (Å²) in [4.78, 5) is 8.73. The molecule has 1 aromatic carbocycles. The molecule has 0 amide bonds. The first-order chi connectivity index (χ1) is 10.4. The molecule has 3 aromatic heterocycles. The lowest BCUT2D eigenvalue weighted by Gasteiger charge is -2.07. The zero-order valence-electron chi connectivity index (χ0n) is 11.0. The van der Waals surface area contributed by atoms with Gasteiger partial charge in [-0.25, -0.2) is 9.61 Å². The van der Waals surface area contributed by atoms with Crippen molar-refractivity contribution in [2.75, 3.05) is 0 Å². The van der Waals surface area contributed by atoms with Crippen molar-refractivity contribution in [2.45, 2.75) is 6.54 Å². The Hall–Kier alpha value is -3.02. The van der Waals surface area contributed by atoms with Gasteiger partial charge in [0.05, 0.1) is 0 Å². The van der Waals surface area contributed by atoms with Crippen molar-refractivity contribution in [3.05, 3.63) is 60.6 Å². The molecule has 0 radical (unpaired) electrons. The first-order valence-electron chi connectivity index (χ1n) is 6.54. The number of hydrogen-bond donors (Lipinski definition) is 0. The fraction of sp³-hybridized carbons (Fsp3) is 0.0667. The summed E-state index contributed by atoms with van der Waals surface area (Å²) in [7, 11) is 0. The second kappa shape index (κ2) is 4.82. The van der Waals surface area contributed by atoms with Crippen molar-refractivity contribution in [3.8, 4) is 11.5 Å². The summed E-state index contributed by atoms with van der Waals surface area (Å²) < 4.78 is 6.77. The third kappa shape index (κ3) is 2.16. The Bertz CT molecular complexity index is 881. The van der Waals surface area contributed by atoms with Crippen LogP contribution in [0.15, 0.2) is 59.6 Å². The maximum Gasteiger partial charge on any atom is 0.158 e. The number of hydrogen-bond acceptors (Lipinski definition) is 5. The van der Waals surface area contributed by atoms with Crippen LogP contribution in [-0.2, 0) is 6.54 Å². The Morgan fingerprint density at radius 2 is 1.90 bits per heavy atom. The minimum absolute atomic E-state index is 0.689. The van der Waals surface area contributed by atoms with Crippen molar-refractivity contribution in [3.63, 3.8) is 0 Å². The van der Waals surface area contributed by atoms with Gasteiger partial charge >= 0.3 is 0 Å². The first kappa shape index (κ1) is 11.8. The van der Waals surface area contributed by atoms with Gasteiger partial charge in [-0.3, -0.25) is 4.98 Å². The summed E-state index contributed by atoms with van der Waals surface area (Å²) in [5, 5.41) is 7.67. The molecule has 0 unspecified atom stereocenters. The topological polar surface area (TPSA) is 69.6 Å². The molecule has 4 rings (SSSR count). The van der Waals surface area contributed by atoms with Gasteiger partial charge in [-0.2, -0.15) is 0 Å². The molecular weight excluding hydrogens is 266 g/mol. The summed E-state index contributed by atoms with van der Waals surface area (Å²) in [6.07, 6.45) is 5.48. The van der Waals surface area contributed by atoms with Crippen LogP contribution in [0.25, 0.3) is 22.6 Å². The molecule has 4 aromatic rings. The molecule has 0 atom stereocenters. The van der Waals surface area contributed by atoms with Crippen molar-refractivity contribution < 1.29 is 4.63 Å². The molecule has 0 fully saturated rings. The lowest BCUT2D eigenvalue weighted by molar-refractivity contribution is 0.315. The zero-order chi connectivity index (χ0) is 14.1. The van der Waals surface area contributed by atoms with Crippen LogP contribution in [0.5, 0.6) is 0 Å². The van der Waals surface area contributed by atoms with Gasteiger partial charge in [0, 0.05) is 25.1 Å². The molecule has 0 spiro atoms. The molecule has 0 aliphatic heterocycles. The molecule has 0 aliphatic rings. The molecule has 102 valence electrons. The number of rotatable bonds is 3. The third-order valence-electron chi connectivity index (χ3n) is 3.28. The predicted molar refractivity (Wildman–Crippen MR) is 76.4 cm³/mol. The molecule has 6 nitrogen and oxygen atoms in total. The van der Waals surface area contributed by atoms with E-state index in [1.54, 1.807) is 12.4 Å². The smallest absolute Gasteiger partial charge is 0.158 e. The Morgan fingerprint density at radius 1 is 0.952 bits per heavy atom. The standard InChI is InChI=1S/C15H11N5O/c1-2-6-16-13(3-1)15-17-7-8-20(15)10-11-4-5-12-14(9-11)19-21-18-12/h1-9H,10H2. The van der Waals surface area contributed by atoms with Gasteiger partial charge in [-0.1, -0.05) is 12.1 Å². The Morgan fingerprint density at radius 3 is 2.81 bits per heavy atom. The van der Waals surface area contributed by atoms with Crippen LogP contribution < -0.4 is 0 Å². The highest BCUT2D eigenvalue weighted by molar-refractivity contribution is 5.73. The second-order valence-corrected chi connectivity index (χ2v) is 4.68. The Labute approximate surface area is 120 Å². The summed E-state index contributed by atoms with van der Waals surface area (Å²) in [6, 6.07) is 11.7. The number of aromatic nitrogens is 5. The average molecular weight is 277 g/mol. The molecule has 0 N–H and O–H groups in total. The SMILES string of the molecule is c1ccc(-c2nccn2Cc2ccc3nonc3c2)nc1. The van der Waals surface area contributed by atoms with Crippen molar-refractivity contribution >= 4 is 11.0 Å². The van der Waals surface area contributed by atoms with Crippen LogP contribution in [-0.4, -0.2) is 24.8 Å². The number of pyridine rings is 1. The summed E-state index contributed by atoms with van der Waals surface area (Å²) in [5.74, 6) is 0.842. The van der Waals surface area contributed by atoms with E-state index in [4.69, 9.17) is 4.63 Å². The predicted octanol–water partition coefficient (Wildman–Crippen LogP) is 2.53. The molecule has 0 bridgehead atoms. The lowest BCUT2D eigenvalue weighted by Crippen LogP contribution is -2.01. The average Bonchev–Trinajstić information content (AvgIpc) is 3.16. The molecule has 0 saturated carbocycles. The van der Waals surface area contributed by atoms with Crippen LogP contribution in [0, 0.1) is 0 Å². The number of nitrogens with zero attached hydrogens (tertiary/aromatic N) is 5. The van der Waals surface area contributed by atoms with Gasteiger partial charge < -0.3 is 4.57 Å². The van der Waals surface area contributed by atoms with Gasteiger partial charge in [0.25, 0.3) is 0 Å². The van der Waals surface area contributed by atoms with Gasteiger partial charge in [-0.15, -0.1) is 0 Å². The summed E-state index contributed by atoms with van der Waals surface area (Å²) in [6.45, 7) is 0.689. The van der Waals surface area contributed by atoms with Gasteiger partial charge in [0.15, 0.2) is 5.82 Å². The Balaban J connectivity index is 1.70. The van der Waals surface area contributed by atoms with Gasteiger partial charge in [0.2, 0.25) is 0 Å². The zero-order valence-corrected chi connectivity index (χ0v) is 11.0. The molecule has 0 saturated heterocycles. The maximum absolute atomic E-state index is 4.72. The van der Waals surface area contributed by atoms with E-state index in [2.05, 4.69) is 24.8 Å². The van der Waals surface area contributed by atoms with Crippen LogP contribution in [0.4, 0.5) is 0 Å². The van der Waals surface area contributed by atoms with E-state index in [1.165, 1.54) is 0 Å². The molecule has 3 heterocycles. The van der Waals surface area contributed by atoms with E-state index in [9.17, 15) is 0 Å². The molecule has 6 heteroatoms. The minimum atomic E-state index is 0.689.